The van der Waals surface area contributed by atoms with Crippen molar-refractivity contribution in [2.45, 2.75) is 16.4 Å². The molecule has 0 spiro atoms. The van der Waals surface area contributed by atoms with Crippen LogP contribution in [-0.2, 0) is 27.0 Å². The molecule has 0 saturated carbocycles. The molecule has 0 bridgehead atoms. The summed E-state index contributed by atoms with van der Waals surface area (Å²) in [5, 5.41) is -11.7. The summed E-state index contributed by atoms with van der Waals surface area (Å²) < 4.78 is 101. The SMILES string of the molecule is O=[S+]C(F)(F)C(F)(F)C(F)(F)S(=O)[O-]. The van der Waals surface area contributed by atoms with Crippen molar-refractivity contribution < 1.29 is 39.3 Å². The third kappa shape index (κ3) is 1.88. The van der Waals surface area contributed by atoms with Crippen LogP contribution in [0.5, 0.6) is 0 Å². The van der Waals surface area contributed by atoms with Crippen molar-refractivity contribution in [1.82, 2.24) is 0 Å². The summed E-state index contributed by atoms with van der Waals surface area (Å²) in [5.41, 5.74) is 0. The molecule has 14 heavy (non-hydrogen) atoms. The van der Waals surface area contributed by atoms with E-state index in [4.69, 9.17) is 0 Å². The van der Waals surface area contributed by atoms with Gasteiger partial charge in [0.25, 0.3) is 0 Å². The fourth-order valence-electron chi connectivity index (χ4n) is 0.326. The van der Waals surface area contributed by atoms with Crippen molar-refractivity contribution in [3.8, 4) is 0 Å². The second-order valence-electron chi connectivity index (χ2n) is 1.93. The van der Waals surface area contributed by atoms with Crippen LogP contribution in [0.3, 0.4) is 0 Å². The number of halogens is 6. The lowest BCUT2D eigenvalue weighted by molar-refractivity contribution is -0.241. The average molecular weight is 262 g/mol. The predicted octanol–water partition coefficient (Wildman–Crippen LogP) is 1.11. The zero-order valence-electron chi connectivity index (χ0n) is 5.81. The fraction of sp³-hybridized carbons (Fsp3) is 1.00. The molecule has 0 aliphatic rings. The van der Waals surface area contributed by atoms with E-state index >= 15 is 0 Å². The van der Waals surface area contributed by atoms with Crippen LogP contribution in [0, 0.1) is 0 Å². The van der Waals surface area contributed by atoms with E-state index < -0.39 is 39.2 Å². The maximum Gasteiger partial charge on any atom is 0.601 e. The number of hydrogen-bond acceptors (Lipinski definition) is 3. The van der Waals surface area contributed by atoms with Gasteiger partial charge in [-0.15, -0.1) is 8.78 Å². The zero-order valence-corrected chi connectivity index (χ0v) is 7.44. The molecule has 0 aliphatic heterocycles. The van der Waals surface area contributed by atoms with Gasteiger partial charge in [0.1, 0.15) is 0 Å². The van der Waals surface area contributed by atoms with Gasteiger partial charge in [-0.2, -0.15) is 17.6 Å². The Bertz CT molecular complexity index is 265. The van der Waals surface area contributed by atoms with Crippen molar-refractivity contribution in [1.29, 1.82) is 0 Å². The molecular weight excluding hydrogens is 262 g/mol. The summed E-state index contributed by atoms with van der Waals surface area (Å²) in [6.07, 6.45) is 0. The van der Waals surface area contributed by atoms with E-state index in [1.807, 2.05) is 0 Å². The molecule has 0 radical (unpaired) electrons. The minimum atomic E-state index is -6.26. The second kappa shape index (κ2) is 3.70. The standard InChI is InChI=1S/C3F6O3S2/c4-1(5,2(6,7)13-10)3(8,9)14(11)12. The molecular formula is C3F6O3S2. The van der Waals surface area contributed by atoms with Crippen molar-refractivity contribution in [3.05, 3.63) is 0 Å². The molecule has 0 amide bonds. The van der Waals surface area contributed by atoms with Crippen molar-refractivity contribution in [2.24, 2.45) is 0 Å². The molecule has 1 unspecified atom stereocenters. The average Bonchev–Trinajstić information content (AvgIpc) is 2.03. The molecule has 1 atom stereocenters. The maximum absolute atomic E-state index is 12.1. The van der Waals surface area contributed by atoms with Gasteiger partial charge in [0.15, 0.2) is 0 Å². The Morgan fingerprint density at radius 1 is 1.07 bits per heavy atom. The first-order valence-corrected chi connectivity index (χ1v) is 4.36. The van der Waals surface area contributed by atoms with E-state index in [0.717, 1.165) is 0 Å². The summed E-state index contributed by atoms with van der Waals surface area (Å²) in [6, 6.07) is 0. The Balaban J connectivity index is 5.35. The Kier molecular flexibility index (Phi) is 3.62. The van der Waals surface area contributed by atoms with Crippen LogP contribution in [0.1, 0.15) is 0 Å². The predicted molar refractivity (Wildman–Crippen MR) is 31.8 cm³/mol. The van der Waals surface area contributed by atoms with Gasteiger partial charge in [-0.05, 0) is 0 Å². The summed E-state index contributed by atoms with van der Waals surface area (Å²) in [4.78, 5) is 0. The van der Waals surface area contributed by atoms with E-state index in [1.165, 1.54) is 0 Å². The van der Waals surface area contributed by atoms with E-state index in [1.54, 1.807) is 0 Å². The Morgan fingerprint density at radius 3 is 1.64 bits per heavy atom. The minimum absolute atomic E-state index is 2.11. The van der Waals surface area contributed by atoms with Crippen molar-refractivity contribution >= 4 is 22.7 Å². The molecule has 0 heterocycles. The molecule has 0 aromatic carbocycles. The molecule has 11 heteroatoms. The summed E-state index contributed by atoms with van der Waals surface area (Å²) >= 11 is -6.87. The molecule has 3 nitrogen and oxygen atoms in total. The summed E-state index contributed by atoms with van der Waals surface area (Å²) in [5.74, 6) is -6.26. The van der Waals surface area contributed by atoms with Gasteiger partial charge in [0.2, 0.25) is 0 Å². The third-order valence-corrected chi connectivity index (χ3v) is 2.19. The lowest BCUT2D eigenvalue weighted by Crippen LogP contribution is -2.55. The highest BCUT2D eigenvalue weighted by atomic mass is 32.2. The Hall–Kier alpha value is -0.290. The van der Waals surface area contributed by atoms with Gasteiger partial charge in [0, 0.05) is 15.3 Å². The smallest absolute Gasteiger partial charge is 0.601 e. The molecule has 0 aromatic rings. The molecule has 84 valence electrons. The highest BCUT2D eigenvalue weighted by Gasteiger charge is 2.82. The van der Waals surface area contributed by atoms with Crippen LogP contribution >= 0.6 is 0 Å². The van der Waals surface area contributed by atoms with Gasteiger partial charge in [0.05, 0.1) is 0 Å². The van der Waals surface area contributed by atoms with Crippen LogP contribution in [0.4, 0.5) is 26.3 Å². The number of rotatable bonds is 4. The summed E-state index contributed by atoms with van der Waals surface area (Å²) in [6.45, 7) is 0. The van der Waals surface area contributed by atoms with Crippen LogP contribution in [-0.4, -0.2) is 25.2 Å². The minimum Gasteiger partial charge on any atom is -0.768 e. The first-order chi connectivity index (χ1) is 6.00. The second-order valence-corrected chi connectivity index (χ2v) is 3.59. The van der Waals surface area contributed by atoms with E-state index in [-0.39, 0.29) is 0 Å². The van der Waals surface area contributed by atoms with Crippen LogP contribution < -0.4 is 0 Å². The molecule has 0 N–H and O–H groups in total. The third-order valence-electron chi connectivity index (χ3n) is 1.05. The zero-order chi connectivity index (χ0) is 11.8. The number of alkyl halides is 6. The van der Waals surface area contributed by atoms with Crippen molar-refractivity contribution in [2.75, 3.05) is 0 Å². The molecule has 0 saturated heterocycles. The van der Waals surface area contributed by atoms with Gasteiger partial charge >= 0.3 is 28.1 Å². The van der Waals surface area contributed by atoms with Gasteiger partial charge in [-0.1, -0.05) is 0 Å². The van der Waals surface area contributed by atoms with Crippen LogP contribution in [0.15, 0.2) is 0 Å². The maximum atomic E-state index is 12.1. The first-order valence-electron chi connectivity index (χ1n) is 2.54. The highest BCUT2D eigenvalue weighted by Crippen LogP contribution is 2.46. The van der Waals surface area contributed by atoms with Crippen LogP contribution in [0.25, 0.3) is 0 Å². The lowest BCUT2D eigenvalue weighted by atomic mass is 10.3. The summed E-state index contributed by atoms with van der Waals surface area (Å²) in [7, 11) is 0. The molecule has 0 fully saturated rings. The monoisotopic (exact) mass is 262 g/mol. The van der Waals surface area contributed by atoms with Gasteiger partial charge in [-0.3, -0.25) is 4.21 Å². The Morgan fingerprint density at radius 2 is 1.43 bits per heavy atom. The molecule has 0 aromatic heterocycles. The van der Waals surface area contributed by atoms with E-state index in [2.05, 4.69) is 0 Å². The topological polar surface area (TPSA) is 57.2 Å². The highest BCUT2D eigenvalue weighted by molar-refractivity contribution is 7.80. The molecule has 0 aliphatic carbocycles. The van der Waals surface area contributed by atoms with E-state index in [0.29, 0.717) is 0 Å². The number of hydrogen-bond donors (Lipinski definition) is 0. The van der Waals surface area contributed by atoms with Crippen LogP contribution in [0.2, 0.25) is 0 Å². The lowest BCUT2D eigenvalue weighted by Gasteiger charge is -2.25. The Labute approximate surface area is 79.2 Å². The fourth-order valence-corrected chi connectivity index (χ4v) is 0.961. The first kappa shape index (κ1) is 13.7. The molecule has 0 rings (SSSR count). The quantitative estimate of drug-likeness (QED) is 0.433. The normalized spacial score (nSPS) is 16.5. The largest absolute Gasteiger partial charge is 0.768 e. The van der Waals surface area contributed by atoms with Gasteiger partial charge < -0.3 is 4.55 Å². The van der Waals surface area contributed by atoms with Gasteiger partial charge in [-0.25, -0.2) is 0 Å². The van der Waals surface area contributed by atoms with E-state index in [9.17, 15) is 39.3 Å². The van der Waals surface area contributed by atoms with Crippen molar-refractivity contribution in [3.63, 3.8) is 0 Å².